The molecule has 118 valence electrons. The third-order valence-electron chi connectivity index (χ3n) is 4.99. The Bertz CT molecular complexity index is 459. The van der Waals surface area contributed by atoms with E-state index in [0.717, 1.165) is 29.3 Å². The molecule has 0 heterocycles. The Morgan fingerprint density at radius 3 is 2.38 bits per heavy atom. The molecule has 2 nitrogen and oxygen atoms in total. The average Bonchev–Trinajstić information content (AvgIpc) is 2.46. The van der Waals surface area contributed by atoms with Gasteiger partial charge in [-0.2, -0.15) is 0 Å². The van der Waals surface area contributed by atoms with E-state index >= 15 is 0 Å². The molecule has 21 heavy (non-hydrogen) atoms. The van der Waals surface area contributed by atoms with E-state index in [9.17, 15) is 0 Å². The first kappa shape index (κ1) is 16.8. The lowest BCUT2D eigenvalue weighted by atomic mass is 9.68. The van der Waals surface area contributed by atoms with Gasteiger partial charge >= 0.3 is 0 Å². The predicted molar refractivity (Wildman–Crippen MR) is 89.4 cm³/mol. The molecule has 0 aliphatic heterocycles. The lowest BCUT2D eigenvalue weighted by molar-refractivity contribution is -0.0888. The summed E-state index contributed by atoms with van der Waals surface area (Å²) in [4.78, 5) is 0. The van der Waals surface area contributed by atoms with Crippen molar-refractivity contribution in [3.05, 3.63) is 34.9 Å². The van der Waals surface area contributed by atoms with Crippen molar-refractivity contribution < 1.29 is 4.74 Å². The number of rotatable bonds is 4. The van der Waals surface area contributed by atoms with Crippen LogP contribution in [0, 0.1) is 11.3 Å². The van der Waals surface area contributed by atoms with Crippen molar-refractivity contribution in [3.8, 4) is 0 Å². The van der Waals surface area contributed by atoms with Crippen molar-refractivity contribution >= 4 is 11.6 Å². The van der Waals surface area contributed by atoms with Gasteiger partial charge in [-0.05, 0) is 48.6 Å². The summed E-state index contributed by atoms with van der Waals surface area (Å²) in [5, 5.41) is 0.771. The molecule has 1 saturated carbocycles. The molecule has 0 radical (unpaired) electrons. The lowest BCUT2D eigenvalue weighted by Gasteiger charge is -2.43. The summed E-state index contributed by atoms with van der Waals surface area (Å²) in [6, 6.07) is 7.87. The Morgan fingerprint density at radius 2 is 1.86 bits per heavy atom. The molecule has 0 saturated heterocycles. The number of benzene rings is 1. The normalized spacial score (nSPS) is 26.8. The van der Waals surface area contributed by atoms with Gasteiger partial charge in [0.1, 0.15) is 0 Å². The third kappa shape index (κ3) is 4.21. The third-order valence-corrected chi connectivity index (χ3v) is 5.35. The van der Waals surface area contributed by atoms with Crippen LogP contribution < -0.4 is 5.73 Å². The first-order chi connectivity index (χ1) is 9.86. The van der Waals surface area contributed by atoms with E-state index in [2.05, 4.69) is 20.8 Å². The highest BCUT2D eigenvalue weighted by molar-refractivity contribution is 6.31. The molecule has 1 aromatic rings. The molecule has 1 aliphatic rings. The maximum absolute atomic E-state index is 6.24. The number of ether oxygens (including phenoxy) is 1. The van der Waals surface area contributed by atoms with Crippen LogP contribution in [0.1, 0.15) is 52.0 Å². The Morgan fingerprint density at radius 1 is 1.24 bits per heavy atom. The highest BCUT2D eigenvalue weighted by Crippen LogP contribution is 2.42. The van der Waals surface area contributed by atoms with E-state index < -0.39 is 0 Å². The monoisotopic (exact) mass is 309 g/mol. The van der Waals surface area contributed by atoms with Crippen molar-refractivity contribution in [1.29, 1.82) is 0 Å². The summed E-state index contributed by atoms with van der Waals surface area (Å²) in [5.41, 5.74) is 7.30. The minimum absolute atomic E-state index is 0.166. The van der Waals surface area contributed by atoms with Crippen LogP contribution in [0.2, 0.25) is 5.02 Å². The second-order valence-electron chi connectivity index (χ2n) is 7.41. The van der Waals surface area contributed by atoms with E-state index in [4.69, 9.17) is 22.1 Å². The zero-order chi connectivity index (χ0) is 15.5. The molecule has 2 rings (SSSR count). The first-order valence-corrected chi connectivity index (χ1v) is 8.31. The molecule has 0 spiro atoms. The SMILES string of the molecule is CC(C)(C)C1CCC(CN)(OCc2ccccc2Cl)CC1. The van der Waals surface area contributed by atoms with Gasteiger partial charge in [0.2, 0.25) is 0 Å². The van der Waals surface area contributed by atoms with Crippen molar-refractivity contribution in [2.45, 2.75) is 58.7 Å². The smallest absolute Gasteiger partial charge is 0.0808 e. The minimum Gasteiger partial charge on any atom is -0.369 e. The molecule has 0 bridgehead atoms. The van der Waals surface area contributed by atoms with Gasteiger partial charge in [-0.25, -0.2) is 0 Å². The fourth-order valence-corrected chi connectivity index (χ4v) is 3.45. The molecule has 1 aliphatic carbocycles. The zero-order valence-corrected chi connectivity index (χ0v) is 14.2. The quantitative estimate of drug-likeness (QED) is 0.868. The number of halogens is 1. The van der Waals surface area contributed by atoms with Gasteiger partial charge < -0.3 is 10.5 Å². The molecule has 2 N–H and O–H groups in total. The molecule has 1 aromatic carbocycles. The van der Waals surface area contributed by atoms with Gasteiger partial charge in [-0.1, -0.05) is 50.6 Å². The topological polar surface area (TPSA) is 35.2 Å². The first-order valence-electron chi connectivity index (χ1n) is 7.94. The van der Waals surface area contributed by atoms with Crippen LogP contribution in [-0.2, 0) is 11.3 Å². The molecule has 0 atom stereocenters. The summed E-state index contributed by atoms with van der Waals surface area (Å²) in [7, 11) is 0. The van der Waals surface area contributed by atoms with E-state index in [1.165, 1.54) is 12.8 Å². The lowest BCUT2D eigenvalue weighted by Crippen LogP contribution is -2.45. The van der Waals surface area contributed by atoms with Crippen LogP contribution in [0.3, 0.4) is 0 Å². The van der Waals surface area contributed by atoms with E-state index in [0.29, 0.717) is 18.6 Å². The van der Waals surface area contributed by atoms with Crippen LogP contribution in [-0.4, -0.2) is 12.1 Å². The van der Waals surface area contributed by atoms with Crippen molar-refractivity contribution in [3.63, 3.8) is 0 Å². The van der Waals surface area contributed by atoms with Crippen molar-refractivity contribution in [2.24, 2.45) is 17.1 Å². The molecular formula is C18H28ClNO. The molecule has 0 unspecified atom stereocenters. The molecule has 0 amide bonds. The van der Waals surface area contributed by atoms with Crippen molar-refractivity contribution in [1.82, 2.24) is 0 Å². The molecule has 3 heteroatoms. The van der Waals surface area contributed by atoms with Crippen LogP contribution in [0.5, 0.6) is 0 Å². The van der Waals surface area contributed by atoms with Gasteiger partial charge in [0.25, 0.3) is 0 Å². The number of hydrogen-bond donors (Lipinski definition) is 1. The van der Waals surface area contributed by atoms with E-state index in [1.54, 1.807) is 0 Å². The van der Waals surface area contributed by atoms with Gasteiger partial charge in [-0.3, -0.25) is 0 Å². The second kappa shape index (κ2) is 6.68. The molecular weight excluding hydrogens is 282 g/mol. The maximum atomic E-state index is 6.24. The van der Waals surface area contributed by atoms with Gasteiger partial charge in [-0.15, -0.1) is 0 Å². The predicted octanol–water partition coefficient (Wildman–Crippen LogP) is 4.79. The summed E-state index contributed by atoms with van der Waals surface area (Å²) >= 11 is 6.20. The number of nitrogens with two attached hydrogens (primary N) is 1. The summed E-state index contributed by atoms with van der Waals surface area (Å²) in [6.07, 6.45) is 4.50. The van der Waals surface area contributed by atoms with Gasteiger partial charge in [0, 0.05) is 11.6 Å². The largest absolute Gasteiger partial charge is 0.369 e. The van der Waals surface area contributed by atoms with E-state index in [-0.39, 0.29) is 5.60 Å². The highest BCUT2D eigenvalue weighted by Gasteiger charge is 2.38. The zero-order valence-electron chi connectivity index (χ0n) is 13.5. The van der Waals surface area contributed by atoms with Crippen LogP contribution in [0.4, 0.5) is 0 Å². The Kier molecular flexibility index (Phi) is 5.34. The second-order valence-corrected chi connectivity index (χ2v) is 7.81. The van der Waals surface area contributed by atoms with E-state index in [1.807, 2.05) is 24.3 Å². The maximum Gasteiger partial charge on any atom is 0.0808 e. The Hall–Kier alpha value is -0.570. The summed E-state index contributed by atoms with van der Waals surface area (Å²) in [6.45, 7) is 8.14. The highest BCUT2D eigenvalue weighted by atomic mass is 35.5. The standard InChI is InChI=1S/C18H28ClNO/c1-17(2,3)15-8-10-18(13-20,11-9-15)21-12-14-6-4-5-7-16(14)19/h4-7,15H,8-13,20H2,1-3H3. The number of hydrogen-bond acceptors (Lipinski definition) is 2. The van der Waals surface area contributed by atoms with Crippen molar-refractivity contribution in [2.75, 3.05) is 6.54 Å². The average molecular weight is 310 g/mol. The fraction of sp³-hybridized carbons (Fsp3) is 0.667. The summed E-state index contributed by atoms with van der Waals surface area (Å²) < 4.78 is 6.24. The molecule has 1 fully saturated rings. The fourth-order valence-electron chi connectivity index (χ4n) is 3.26. The Labute approximate surface area is 134 Å². The Balaban J connectivity index is 1.96. The van der Waals surface area contributed by atoms with Crippen LogP contribution >= 0.6 is 11.6 Å². The summed E-state index contributed by atoms with van der Waals surface area (Å²) in [5.74, 6) is 0.765. The van der Waals surface area contributed by atoms with Crippen LogP contribution in [0.25, 0.3) is 0 Å². The van der Waals surface area contributed by atoms with Crippen LogP contribution in [0.15, 0.2) is 24.3 Å². The molecule has 0 aromatic heterocycles. The van der Waals surface area contributed by atoms with Gasteiger partial charge in [0.05, 0.1) is 12.2 Å². The van der Waals surface area contributed by atoms with Gasteiger partial charge in [0.15, 0.2) is 0 Å². The minimum atomic E-state index is -0.166.